The quantitative estimate of drug-likeness (QED) is 0.385. The van der Waals surface area contributed by atoms with Crippen LogP contribution in [0.5, 0.6) is 5.75 Å². The number of hydrogen-bond donors (Lipinski definition) is 1. The first-order valence-corrected chi connectivity index (χ1v) is 11.0. The highest BCUT2D eigenvalue weighted by Gasteiger charge is 2.39. The highest BCUT2D eigenvalue weighted by Crippen LogP contribution is 2.33. The summed E-state index contributed by atoms with van der Waals surface area (Å²) in [5, 5.41) is 19.3. The smallest absolute Gasteiger partial charge is 0.242 e. The van der Waals surface area contributed by atoms with E-state index < -0.39 is 5.25 Å². The molecule has 4 rings (SSSR count). The van der Waals surface area contributed by atoms with E-state index in [0.717, 1.165) is 5.56 Å². The van der Waals surface area contributed by atoms with Crippen LogP contribution in [0, 0.1) is 0 Å². The molecular weight excluding hydrogens is 457 g/mol. The molecule has 1 saturated heterocycles. The molecule has 0 spiro atoms. The summed E-state index contributed by atoms with van der Waals surface area (Å²) in [6.07, 6.45) is 3.40. The number of hydrogen-bond acceptors (Lipinski definition) is 6. The third-order valence-electron chi connectivity index (χ3n) is 4.60. The molecule has 1 fully saturated rings. The molecule has 0 aliphatic carbocycles. The van der Waals surface area contributed by atoms with E-state index in [1.54, 1.807) is 60.9 Å². The number of amidine groups is 1. The van der Waals surface area contributed by atoms with Gasteiger partial charge in [0.25, 0.3) is 0 Å². The van der Waals surface area contributed by atoms with E-state index >= 15 is 0 Å². The number of rotatable bonds is 6. The molecule has 0 unspecified atom stereocenters. The molecule has 2 aromatic carbocycles. The van der Waals surface area contributed by atoms with Crippen molar-refractivity contribution in [2.45, 2.75) is 18.2 Å². The SMILES string of the molecule is O=C1[C@H](Cc2cc(Cl)ccc2Cl)S/C(=N\N=C/c2ccccc2O)N1Cc1ccco1. The second-order valence-corrected chi connectivity index (χ2v) is 8.75. The standard InChI is InChI=1S/C22H17Cl2N3O3S/c23-16-7-8-18(24)15(10-16)11-20-21(29)27(13-17-5-3-9-30-17)22(31-20)26-25-12-14-4-1-2-6-19(14)28/h1-10,12,20,28H,11,13H2/b25-12-,26-22-/t20-/m0/s1. The summed E-state index contributed by atoms with van der Waals surface area (Å²) in [5.74, 6) is 0.615. The van der Waals surface area contributed by atoms with Crippen LogP contribution in [-0.4, -0.2) is 32.5 Å². The van der Waals surface area contributed by atoms with Gasteiger partial charge in [0, 0.05) is 15.6 Å². The maximum atomic E-state index is 13.1. The maximum absolute atomic E-state index is 13.1. The van der Waals surface area contributed by atoms with Crippen LogP contribution < -0.4 is 0 Å². The summed E-state index contributed by atoms with van der Waals surface area (Å²) < 4.78 is 5.40. The van der Waals surface area contributed by atoms with Gasteiger partial charge in [-0.2, -0.15) is 5.10 Å². The summed E-state index contributed by atoms with van der Waals surface area (Å²) in [6, 6.07) is 15.5. The van der Waals surface area contributed by atoms with Crippen LogP contribution in [0.15, 0.2) is 75.5 Å². The first-order chi connectivity index (χ1) is 15.0. The van der Waals surface area contributed by atoms with E-state index in [2.05, 4.69) is 10.2 Å². The van der Waals surface area contributed by atoms with Gasteiger partial charge in [-0.3, -0.25) is 9.69 Å². The topological polar surface area (TPSA) is 78.4 Å². The zero-order valence-corrected chi connectivity index (χ0v) is 18.4. The first kappa shape index (κ1) is 21.5. The number of thioether (sulfide) groups is 1. The lowest BCUT2D eigenvalue weighted by molar-refractivity contribution is -0.126. The van der Waals surface area contributed by atoms with E-state index in [1.165, 1.54) is 22.9 Å². The third-order valence-corrected chi connectivity index (χ3v) is 6.37. The molecule has 31 heavy (non-hydrogen) atoms. The Bertz CT molecular complexity index is 1150. The van der Waals surface area contributed by atoms with Crippen molar-refractivity contribution in [1.82, 2.24) is 4.90 Å². The lowest BCUT2D eigenvalue weighted by Crippen LogP contribution is -2.32. The molecule has 9 heteroatoms. The van der Waals surface area contributed by atoms with Crippen molar-refractivity contribution < 1.29 is 14.3 Å². The fourth-order valence-corrected chi connectivity index (χ4v) is 4.57. The van der Waals surface area contributed by atoms with Crippen molar-refractivity contribution in [2.24, 2.45) is 10.2 Å². The van der Waals surface area contributed by atoms with Gasteiger partial charge in [-0.05, 0) is 54.4 Å². The van der Waals surface area contributed by atoms with Crippen LogP contribution in [0.25, 0.3) is 0 Å². The Balaban J connectivity index is 1.59. The molecule has 1 aromatic heterocycles. The van der Waals surface area contributed by atoms with Crippen molar-refractivity contribution in [3.8, 4) is 5.75 Å². The van der Waals surface area contributed by atoms with Crippen molar-refractivity contribution >= 4 is 52.3 Å². The van der Waals surface area contributed by atoms with Crippen LogP contribution in [0.3, 0.4) is 0 Å². The minimum absolute atomic E-state index is 0.0996. The van der Waals surface area contributed by atoms with Gasteiger partial charge >= 0.3 is 0 Å². The predicted octanol–water partition coefficient (Wildman–Crippen LogP) is 5.37. The molecule has 6 nitrogen and oxygen atoms in total. The fraction of sp³-hybridized carbons (Fsp3) is 0.136. The normalized spacial score (nSPS) is 17.9. The second kappa shape index (κ2) is 9.60. The van der Waals surface area contributed by atoms with Gasteiger partial charge in [0.2, 0.25) is 5.91 Å². The Morgan fingerprint density at radius 3 is 2.77 bits per heavy atom. The molecule has 1 aliphatic heterocycles. The number of benzene rings is 2. The number of nitrogens with zero attached hydrogens (tertiary/aromatic N) is 3. The Labute approximate surface area is 193 Å². The van der Waals surface area contributed by atoms with E-state index in [1.807, 2.05) is 0 Å². The molecule has 3 aromatic rings. The minimum Gasteiger partial charge on any atom is -0.507 e. The molecule has 0 radical (unpaired) electrons. The van der Waals surface area contributed by atoms with E-state index in [9.17, 15) is 9.90 Å². The summed E-state index contributed by atoms with van der Waals surface area (Å²) >= 11 is 13.7. The lowest BCUT2D eigenvalue weighted by atomic mass is 10.1. The average molecular weight is 474 g/mol. The van der Waals surface area contributed by atoms with Crippen LogP contribution in [-0.2, 0) is 17.8 Å². The number of aromatic hydroxyl groups is 1. The van der Waals surface area contributed by atoms with Crippen molar-refractivity contribution in [1.29, 1.82) is 0 Å². The molecule has 2 heterocycles. The Morgan fingerprint density at radius 1 is 1.16 bits per heavy atom. The molecule has 0 bridgehead atoms. The number of phenols is 1. The number of phenolic OH excluding ortho intramolecular Hbond substituents is 1. The minimum atomic E-state index is -0.426. The molecule has 1 atom stereocenters. The van der Waals surface area contributed by atoms with E-state index in [0.29, 0.717) is 33.0 Å². The zero-order chi connectivity index (χ0) is 21.8. The van der Waals surface area contributed by atoms with Gasteiger partial charge in [-0.25, -0.2) is 0 Å². The van der Waals surface area contributed by atoms with Gasteiger partial charge in [0.15, 0.2) is 5.17 Å². The average Bonchev–Trinajstić information content (AvgIpc) is 3.36. The molecule has 158 valence electrons. The van der Waals surface area contributed by atoms with Gasteiger partial charge in [0.05, 0.1) is 24.3 Å². The highest BCUT2D eigenvalue weighted by molar-refractivity contribution is 8.15. The molecule has 1 amide bonds. The largest absolute Gasteiger partial charge is 0.507 e. The Hall–Kier alpha value is -2.74. The predicted molar refractivity (Wildman–Crippen MR) is 124 cm³/mol. The van der Waals surface area contributed by atoms with Crippen molar-refractivity contribution in [3.63, 3.8) is 0 Å². The van der Waals surface area contributed by atoms with Gasteiger partial charge in [-0.15, -0.1) is 5.10 Å². The highest BCUT2D eigenvalue weighted by atomic mass is 35.5. The number of amides is 1. The number of carbonyl (C=O) groups excluding carboxylic acids is 1. The molecule has 1 aliphatic rings. The number of carbonyl (C=O) groups is 1. The van der Waals surface area contributed by atoms with Crippen LogP contribution in [0.1, 0.15) is 16.9 Å². The van der Waals surface area contributed by atoms with Crippen molar-refractivity contribution in [2.75, 3.05) is 0 Å². The van der Waals surface area contributed by atoms with Crippen LogP contribution in [0.4, 0.5) is 0 Å². The summed E-state index contributed by atoms with van der Waals surface area (Å²) in [7, 11) is 0. The molecule has 0 saturated carbocycles. The Kier molecular flexibility index (Phi) is 6.65. The van der Waals surface area contributed by atoms with Crippen molar-refractivity contribution in [3.05, 3.63) is 87.8 Å². The third kappa shape index (κ3) is 5.12. The van der Waals surface area contributed by atoms with Gasteiger partial charge in [-0.1, -0.05) is 47.1 Å². The monoisotopic (exact) mass is 473 g/mol. The summed E-state index contributed by atoms with van der Waals surface area (Å²) in [5.41, 5.74) is 1.32. The number of halogens is 2. The number of para-hydroxylation sites is 1. The van der Waals surface area contributed by atoms with E-state index in [4.69, 9.17) is 27.6 Å². The second-order valence-electron chi connectivity index (χ2n) is 6.74. The number of furan rings is 1. The molecule has 1 N–H and O–H groups in total. The first-order valence-electron chi connectivity index (χ1n) is 9.34. The lowest BCUT2D eigenvalue weighted by Gasteiger charge is -2.14. The zero-order valence-electron chi connectivity index (χ0n) is 16.1. The summed E-state index contributed by atoms with van der Waals surface area (Å²) in [4.78, 5) is 14.7. The maximum Gasteiger partial charge on any atom is 0.242 e. The fourth-order valence-electron chi connectivity index (χ4n) is 3.06. The van der Waals surface area contributed by atoms with E-state index in [-0.39, 0.29) is 18.2 Å². The Morgan fingerprint density at radius 2 is 2.00 bits per heavy atom. The summed E-state index contributed by atoms with van der Waals surface area (Å²) in [6.45, 7) is 0.240. The van der Waals surface area contributed by atoms with Gasteiger partial charge < -0.3 is 9.52 Å². The van der Waals surface area contributed by atoms with Gasteiger partial charge in [0.1, 0.15) is 11.5 Å². The van der Waals surface area contributed by atoms with Crippen LogP contribution in [0.2, 0.25) is 10.0 Å². The van der Waals surface area contributed by atoms with Crippen LogP contribution >= 0.6 is 35.0 Å². The molecular formula is C22H17Cl2N3O3S.